The molecule has 0 aromatic rings. The van der Waals surface area contributed by atoms with E-state index in [0.29, 0.717) is 12.0 Å². The van der Waals surface area contributed by atoms with Crippen LogP contribution in [-0.4, -0.2) is 56.2 Å². The van der Waals surface area contributed by atoms with Crippen LogP contribution in [0.5, 0.6) is 0 Å². The van der Waals surface area contributed by atoms with Gasteiger partial charge in [0.2, 0.25) is 0 Å². The summed E-state index contributed by atoms with van der Waals surface area (Å²) in [5.74, 6) is 2.52. The molecule has 0 aromatic carbocycles. The van der Waals surface area contributed by atoms with Gasteiger partial charge in [0, 0.05) is 45.3 Å². The molecule has 1 heterocycles. The monoisotopic (exact) mass is 294 g/mol. The lowest BCUT2D eigenvalue weighted by Crippen LogP contribution is -2.49. The van der Waals surface area contributed by atoms with E-state index in [2.05, 4.69) is 27.8 Å². The number of hydrogen-bond donors (Lipinski definition) is 3. The first-order valence-electron chi connectivity index (χ1n) is 8.70. The Hall–Kier alpha value is -0.810. The van der Waals surface area contributed by atoms with Gasteiger partial charge < -0.3 is 16.0 Å². The van der Waals surface area contributed by atoms with Gasteiger partial charge in [0.15, 0.2) is 0 Å². The van der Waals surface area contributed by atoms with E-state index in [1.807, 2.05) is 0 Å². The Balaban J connectivity index is 1.32. The van der Waals surface area contributed by atoms with Gasteiger partial charge in [0.05, 0.1) is 0 Å². The van der Waals surface area contributed by atoms with E-state index in [1.165, 1.54) is 25.7 Å². The minimum atomic E-state index is 0.0143. The van der Waals surface area contributed by atoms with Gasteiger partial charge in [-0.05, 0) is 43.9 Å². The van der Waals surface area contributed by atoms with Crippen molar-refractivity contribution in [2.75, 3.05) is 39.3 Å². The van der Waals surface area contributed by atoms with Crippen molar-refractivity contribution in [3.05, 3.63) is 0 Å². The molecule has 3 fully saturated rings. The van der Waals surface area contributed by atoms with Crippen LogP contribution in [0.25, 0.3) is 0 Å². The average molecular weight is 294 g/mol. The molecule has 2 saturated carbocycles. The van der Waals surface area contributed by atoms with Crippen molar-refractivity contribution in [2.24, 2.45) is 17.8 Å². The number of carbonyl (C=O) groups excluding carboxylic acids is 1. The Morgan fingerprint density at radius 2 is 2.10 bits per heavy atom. The van der Waals surface area contributed by atoms with Crippen LogP contribution < -0.4 is 16.0 Å². The quantitative estimate of drug-likeness (QED) is 0.709. The van der Waals surface area contributed by atoms with E-state index in [4.69, 9.17) is 0 Å². The molecule has 2 aliphatic carbocycles. The van der Waals surface area contributed by atoms with E-state index in [0.717, 1.165) is 51.1 Å². The Kier molecular flexibility index (Phi) is 5.01. The van der Waals surface area contributed by atoms with Gasteiger partial charge in [0.1, 0.15) is 0 Å². The van der Waals surface area contributed by atoms with Crippen LogP contribution in [0.4, 0.5) is 4.79 Å². The number of piperazine rings is 1. The zero-order valence-corrected chi connectivity index (χ0v) is 13.2. The van der Waals surface area contributed by atoms with Gasteiger partial charge in [-0.1, -0.05) is 6.42 Å². The van der Waals surface area contributed by atoms with Gasteiger partial charge in [-0.3, -0.25) is 4.90 Å². The molecular formula is C16H30N4O. The molecule has 3 aliphatic rings. The van der Waals surface area contributed by atoms with Crippen LogP contribution in [0, 0.1) is 17.8 Å². The minimum Gasteiger partial charge on any atom is -0.337 e. The number of nitrogens with zero attached hydrogens (tertiary/aromatic N) is 1. The lowest BCUT2D eigenvalue weighted by Gasteiger charge is -2.29. The number of nitrogens with one attached hydrogen (secondary N) is 3. The summed E-state index contributed by atoms with van der Waals surface area (Å²) in [5, 5.41) is 9.52. The molecule has 3 N–H and O–H groups in total. The number of hydrogen-bond acceptors (Lipinski definition) is 3. The summed E-state index contributed by atoms with van der Waals surface area (Å²) >= 11 is 0. The minimum absolute atomic E-state index is 0.0143. The SMILES string of the molecule is CC(NC(=O)NCCN1CCNCC1)C1CC2CCC1C2. The third-order valence-electron chi connectivity index (χ3n) is 5.72. The van der Waals surface area contributed by atoms with Crippen LogP contribution in [0.1, 0.15) is 32.6 Å². The van der Waals surface area contributed by atoms with E-state index >= 15 is 0 Å². The van der Waals surface area contributed by atoms with Crippen LogP contribution in [-0.2, 0) is 0 Å². The summed E-state index contributed by atoms with van der Waals surface area (Å²) in [6.45, 7) is 8.19. The average Bonchev–Trinajstić information content (AvgIpc) is 3.11. The number of urea groups is 1. The van der Waals surface area contributed by atoms with Crippen molar-refractivity contribution < 1.29 is 4.79 Å². The zero-order valence-electron chi connectivity index (χ0n) is 13.2. The number of amides is 2. The van der Waals surface area contributed by atoms with E-state index in [-0.39, 0.29) is 6.03 Å². The highest BCUT2D eigenvalue weighted by Gasteiger charge is 2.42. The molecule has 4 unspecified atom stereocenters. The molecule has 1 saturated heterocycles. The maximum atomic E-state index is 12.0. The van der Waals surface area contributed by atoms with Crippen LogP contribution in [0.3, 0.4) is 0 Å². The third kappa shape index (κ3) is 3.89. The third-order valence-corrected chi connectivity index (χ3v) is 5.72. The van der Waals surface area contributed by atoms with Gasteiger partial charge >= 0.3 is 6.03 Å². The fourth-order valence-corrected chi connectivity index (χ4v) is 4.53. The molecule has 120 valence electrons. The van der Waals surface area contributed by atoms with Crippen molar-refractivity contribution in [1.82, 2.24) is 20.9 Å². The van der Waals surface area contributed by atoms with Gasteiger partial charge in [-0.2, -0.15) is 0 Å². The maximum Gasteiger partial charge on any atom is 0.315 e. The lowest BCUT2D eigenvalue weighted by atomic mass is 9.84. The molecule has 5 nitrogen and oxygen atoms in total. The molecule has 2 bridgehead atoms. The molecular weight excluding hydrogens is 264 g/mol. The Labute approximate surface area is 128 Å². The largest absolute Gasteiger partial charge is 0.337 e. The van der Waals surface area contributed by atoms with Crippen molar-refractivity contribution in [3.8, 4) is 0 Å². The lowest BCUT2D eigenvalue weighted by molar-refractivity contribution is 0.213. The van der Waals surface area contributed by atoms with Crippen LogP contribution >= 0.6 is 0 Å². The fourth-order valence-electron chi connectivity index (χ4n) is 4.53. The Morgan fingerprint density at radius 1 is 1.29 bits per heavy atom. The van der Waals surface area contributed by atoms with Crippen LogP contribution in [0.15, 0.2) is 0 Å². The first-order valence-corrected chi connectivity index (χ1v) is 8.70. The van der Waals surface area contributed by atoms with Crippen LogP contribution in [0.2, 0.25) is 0 Å². The van der Waals surface area contributed by atoms with Crippen molar-refractivity contribution in [2.45, 2.75) is 38.6 Å². The van der Waals surface area contributed by atoms with E-state index in [9.17, 15) is 4.79 Å². The topological polar surface area (TPSA) is 56.4 Å². The molecule has 0 aromatic heterocycles. The second kappa shape index (κ2) is 6.97. The summed E-state index contributed by atoms with van der Waals surface area (Å²) in [5.41, 5.74) is 0. The number of fused-ring (bicyclic) bond motifs is 2. The van der Waals surface area contributed by atoms with Gasteiger partial charge in [0.25, 0.3) is 0 Å². The summed E-state index contributed by atoms with van der Waals surface area (Å²) < 4.78 is 0. The molecule has 2 amide bonds. The van der Waals surface area contributed by atoms with Crippen molar-refractivity contribution in [1.29, 1.82) is 0 Å². The molecule has 0 spiro atoms. The molecule has 5 heteroatoms. The van der Waals surface area contributed by atoms with Crippen molar-refractivity contribution >= 4 is 6.03 Å². The Morgan fingerprint density at radius 3 is 2.76 bits per heavy atom. The van der Waals surface area contributed by atoms with Crippen molar-refractivity contribution in [3.63, 3.8) is 0 Å². The summed E-state index contributed by atoms with van der Waals surface area (Å²) in [4.78, 5) is 14.4. The molecule has 1 aliphatic heterocycles. The number of rotatable bonds is 5. The fraction of sp³-hybridized carbons (Fsp3) is 0.938. The molecule has 21 heavy (non-hydrogen) atoms. The molecule has 0 radical (unpaired) electrons. The van der Waals surface area contributed by atoms with Gasteiger partial charge in [-0.15, -0.1) is 0 Å². The first-order chi connectivity index (χ1) is 10.2. The number of carbonyl (C=O) groups is 1. The summed E-state index contributed by atoms with van der Waals surface area (Å²) in [7, 11) is 0. The van der Waals surface area contributed by atoms with E-state index in [1.54, 1.807) is 0 Å². The predicted molar refractivity (Wildman–Crippen MR) is 84.2 cm³/mol. The second-order valence-electron chi connectivity index (χ2n) is 7.12. The summed E-state index contributed by atoms with van der Waals surface area (Å²) in [6.07, 6.45) is 5.53. The summed E-state index contributed by atoms with van der Waals surface area (Å²) in [6, 6.07) is 0.333. The first kappa shape index (κ1) is 15.1. The Bertz CT molecular complexity index is 356. The molecule has 3 rings (SSSR count). The maximum absolute atomic E-state index is 12.0. The normalized spacial score (nSPS) is 33.9. The smallest absolute Gasteiger partial charge is 0.315 e. The standard InChI is InChI=1S/C16H30N4O/c1-12(15-11-13-2-3-14(15)10-13)19-16(21)18-6-9-20-7-4-17-5-8-20/h12-15,17H,2-11H2,1H3,(H2,18,19,21). The van der Waals surface area contributed by atoms with Gasteiger partial charge in [-0.25, -0.2) is 4.79 Å². The zero-order chi connectivity index (χ0) is 14.7. The highest BCUT2D eigenvalue weighted by atomic mass is 16.2. The van der Waals surface area contributed by atoms with E-state index < -0.39 is 0 Å². The highest BCUT2D eigenvalue weighted by molar-refractivity contribution is 5.74. The second-order valence-corrected chi connectivity index (χ2v) is 7.12. The highest BCUT2D eigenvalue weighted by Crippen LogP contribution is 2.49. The molecule has 4 atom stereocenters. The predicted octanol–water partition coefficient (Wildman–Crippen LogP) is 1.02.